The Morgan fingerprint density at radius 1 is 1.38 bits per heavy atom. The zero-order chi connectivity index (χ0) is 16.0. The van der Waals surface area contributed by atoms with Gasteiger partial charge < -0.3 is 14.7 Å². The minimum atomic E-state index is -0.995. The number of hydrogen-bond donors (Lipinski definition) is 1. The Hall–Kier alpha value is -1.44. The van der Waals surface area contributed by atoms with Crippen molar-refractivity contribution in [3.8, 4) is 0 Å². The number of ether oxygens (including phenoxy) is 1. The van der Waals surface area contributed by atoms with Crippen molar-refractivity contribution in [2.45, 2.75) is 38.1 Å². The summed E-state index contributed by atoms with van der Waals surface area (Å²) in [7, 11) is 1.57. The van der Waals surface area contributed by atoms with Gasteiger partial charge in [-0.25, -0.2) is 9.59 Å². The van der Waals surface area contributed by atoms with Crippen molar-refractivity contribution >= 4 is 29.7 Å². The first-order chi connectivity index (χ1) is 9.92. The van der Waals surface area contributed by atoms with Gasteiger partial charge in [-0.2, -0.15) is 0 Å². The number of carboxylic acids is 1. The van der Waals surface area contributed by atoms with Crippen LogP contribution in [-0.4, -0.2) is 70.2 Å². The molecule has 1 N–H and O–H groups in total. The zero-order valence-corrected chi connectivity index (χ0v) is 13.4. The number of urea groups is 1. The van der Waals surface area contributed by atoms with Crippen molar-refractivity contribution in [3.63, 3.8) is 0 Å². The third-order valence-corrected chi connectivity index (χ3v) is 4.68. The molecule has 0 radical (unpaired) electrons. The first-order valence-electron chi connectivity index (χ1n) is 6.95. The average molecular weight is 318 g/mol. The van der Waals surface area contributed by atoms with Crippen molar-refractivity contribution in [2.24, 2.45) is 0 Å². The molecule has 0 spiro atoms. The molecule has 7 nitrogen and oxygen atoms in total. The lowest BCUT2D eigenvalue weighted by molar-refractivity contribution is -0.144. The summed E-state index contributed by atoms with van der Waals surface area (Å²) in [6.45, 7) is 4.15. The maximum absolute atomic E-state index is 12.4. The van der Waals surface area contributed by atoms with Gasteiger partial charge in [-0.05, 0) is 13.3 Å². The van der Waals surface area contributed by atoms with Gasteiger partial charge in [0.1, 0.15) is 6.04 Å². The predicted molar refractivity (Wildman–Crippen MR) is 79.1 cm³/mol. The largest absolute Gasteiger partial charge is 0.480 e. The number of hydrogen-bond acceptors (Lipinski definition) is 5. The number of carbonyl (C=O) groups excluding carboxylic acids is 2. The van der Waals surface area contributed by atoms with Gasteiger partial charge in [-0.1, -0.05) is 6.92 Å². The van der Waals surface area contributed by atoms with Crippen LogP contribution in [-0.2, 0) is 14.3 Å². The Bertz CT molecular complexity index is 404. The van der Waals surface area contributed by atoms with Gasteiger partial charge in [-0.15, -0.1) is 11.8 Å². The van der Waals surface area contributed by atoms with Crippen LogP contribution in [0.1, 0.15) is 26.7 Å². The Kier molecular flexibility index (Phi) is 6.80. The summed E-state index contributed by atoms with van der Waals surface area (Å²) < 4.78 is 4.81. The lowest BCUT2D eigenvalue weighted by Gasteiger charge is -2.31. The van der Waals surface area contributed by atoms with Crippen LogP contribution in [0.25, 0.3) is 0 Å². The minimum absolute atomic E-state index is 0.103. The molecular formula is C13H22N2O5S. The van der Waals surface area contributed by atoms with Crippen LogP contribution in [0.15, 0.2) is 0 Å². The molecule has 1 heterocycles. The third kappa shape index (κ3) is 4.52. The molecule has 2 unspecified atom stereocenters. The lowest BCUT2D eigenvalue weighted by atomic mass is 10.2. The number of nitrogens with zero attached hydrogens (tertiary/aromatic N) is 2. The van der Waals surface area contributed by atoms with E-state index in [1.807, 2.05) is 6.92 Å². The second-order valence-corrected chi connectivity index (χ2v) is 5.93. The zero-order valence-electron chi connectivity index (χ0n) is 12.6. The molecule has 1 saturated heterocycles. The maximum atomic E-state index is 12.4. The second-order valence-electron chi connectivity index (χ2n) is 4.72. The smallest absolute Gasteiger partial charge is 0.327 e. The van der Waals surface area contributed by atoms with E-state index in [-0.39, 0.29) is 30.3 Å². The van der Waals surface area contributed by atoms with E-state index >= 15 is 0 Å². The van der Waals surface area contributed by atoms with E-state index in [0.717, 1.165) is 0 Å². The molecule has 1 aliphatic rings. The summed E-state index contributed by atoms with van der Waals surface area (Å²) in [5, 5.41) is 9.08. The van der Waals surface area contributed by atoms with Gasteiger partial charge in [0.05, 0.1) is 18.4 Å². The molecule has 0 aliphatic carbocycles. The van der Waals surface area contributed by atoms with E-state index in [2.05, 4.69) is 0 Å². The van der Waals surface area contributed by atoms with Crippen LogP contribution < -0.4 is 0 Å². The standard InChI is InChI=1S/C13H22N2O5S/c1-4-10-15(9(8-21-10)12(17)18)13(19)14(3)7-6-11(16)20-5-2/h9-10H,4-8H2,1-3H3,(H,17,18). The molecule has 0 aromatic heterocycles. The SMILES string of the molecule is CCOC(=O)CCN(C)C(=O)N1C(CC)SCC1C(=O)O. The summed E-state index contributed by atoms with van der Waals surface area (Å²) >= 11 is 1.47. The first kappa shape index (κ1) is 17.6. The van der Waals surface area contributed by atoms with Crippen molar-refractivity contribution in [2.75, 3.05) is 26.0 Å². The predicted octanol–water partition coefficient (Wildman–Crippen LogP) is 1.23. The fourth-order valence-electron chi connectivity index (χ4n) is 2.11. The van der Waals surface area contributed by atoms with Gasteiger partial charge in [0.2, 0.25) is 0 Å². The monoisotopic (exact) mass is 318 g/mol. The highest BCUT2D eigenvalue weighted by Crippen LogP contribution is 2.32. The summed E-state index contributed by atoms with van der Waals surface area (Å²) in [5.41, 5.74) is 0. The van der Waals surface area contributed by atoms with Crippen LogP contribution >= 0.6 is 11.8 Å². The van der Waals surface area contributed by atoms with E-state index in [1.165, 1.54) is 21.6 Å². The molecule has 120 valence electrons. The van der Waals surface area contributed by atoms with Crippen molar-refractivity contribution in [1.82, 2.24) is 9.80 Å². The minimum Gasteiger partial charge on any atom is -0.480 e. The highest BCUT2D eigenvalue weighted by atomic mass is 32.2. The summed E-state index contributed by atoms with van der Waals surface area (Å²) in [4.78, 5) is 37.8. The molecule has 0 aromatic carbocycles. The molecular weight excluding hydrogens is 296 g/mol. The molecule has 2 amide bonds. The van der Waals surface area contributed by atoms with Gasteiger partial charge >= 0.3 is 18.0 Å². The van der Waals surface area contributed by atoms with Crippen LogP contribution in [0.5, 0.6) is 0 Å². The van der Waals surface area contributed by atoms with E-state index in [1.54, 1.807) is 14.0 Å². The topological polar surface area (TPSA) is 87.2 Å². The maximum Gasteiger partial charge on any atom is 0.327 e. The quantitative estimate of drug-likeness (QED) is 0.741. The Morgan fingerprint density at radius 3 is 2.57 bits per heavy atom. The van der Waals surface area contributed by atoms with E-state index < -0.39 is 12.0 Å². The summed E-state index contributed by atoms with van der Waals surface area (Å²) in [6, 6.07) is -1.17. The van der Waals surface area contributed by atoms with Gasteiger partial charge in [0, 0.05) is 19.3 Å². The summed E-state index contributed by atoms with van der Waals surface area (Å²) in [6.07, 6.45) is 0.789. The molecule has 0 saturated carbocycles. The van der Waals surface area contributed by atoms with Crippen molar-refractivity contribution < 1.29 is 24.2 Å². The lowest BCUT2D eigenvalue weighted by Crippen LogP contribution is -2.50. The van der Waals surface area contributed by atoms with Gasteiger partial charge in [0.15, 0.2) is 0 Å². The number of carboxylic acid groups (broad SMARTS) is 1. The highest BCUT2D eigenvalue weighted by Gasteiger charge is 2.41. The molecule has 1 rings (SSSR count). The molecule has 1 aliphatic heterocycles. The number of esters is 1. The molecule has 0 bridgehead atoms. The first-order valence-corrected chi connectivity index (χ1v) is 8.00. The molecule has 2 atom stereocenters. The number of carbonyl (C=O) groups is 3. The van der Waals surface area contributed by atoms with Crippen LogP contribution in [0.3, 0.4) is 0 Å². The van der Waals surface area contributed by atoms with Gasteiger partial charge in [0.25, 0.3) is 0 Å². The van der Waals surface area contributed by atoms with E-state index in [9.17, 15) is 19.5 Å². The van der Waals surface area contributed by atoms with Crippen molar-refractivity contribution in [3.05, 3.63) is 0 Å². The van der Waals surface area contributed by atoms with Crippen molar-refractivity contribution in [1.29, 1.82) is 0 Å². The number of amides is 2. The molecule has 8 heteroatoms. The van der Waals surface area contributed by atoms with Gasteiger partial charge in [-0.3, -0.25) is 9.69 Å². The molecule has 1 fully saturated rings. The normalized spacial score (nSPS) is 21.2. The Balaban J connectivity index is 2.65. The Morgan fingerprint density at radius 2 is 2.05 bits per heavy atom. The summed E-state index contributed by atoms with van der Waals surface area (Å²) in [5.74, 6) is -0.967. The number of aliphatic carboxylic acids is 1. The Labute approximate surface area is 128 Å². The van der Waals surface area contributed by atoms with E-state index in [4.69, 9.17) is 4.74 Å². The third-order valence-electron chi connectivity index (χ3n) is 3.23. The fourth-order valence-corrected chi connectivity index (χ4v) is 3.45. The number of rotatable bonds is 6. The van der Waals surface area contributed by atoms with E-state index in [0.29, 0.717) is 18.8 Å². The van der Waals surface area contributed by atoms with Crippen LogP contribution in [0.4, 0.5) is 4.79 Å². The average Bonchev–Trinajstić information content (AvgIpc) is 2.88. The highest BCUT2D eigenvalue weighted by molar-refractivity contribution is 8.00. The molecule has 0 aromatic rings. The van der Waals surface area contributed by atoms with Crippen LogP contribution in [0, 0.1) is 0 Å². The van der Waals surface area contributed by atoms with Crippen LogP contribution in [0.2, 0.25) is 0 Å². The second kappa shape index (κ2) is 8.11. The fraction of sp³-hybridized carbons (Fsp3) is 0.769. The molecule has 21 heavy (non-hydrogen) atoms. The number of thioether (sulfide) groups is 1.